The Kier molecular flexibility index (Phi) is 6.32. The Morgan fingerprint density at radius 1 is 1.00 bits per heavy atom. The summed E-state index contributed by atoms with van der Waals surface area (Å²) in [5, 5.41) is 0. The summed E-state index contributed by atoms with van der Waals surface area (Å²) in [6, 6.07) is 0.773. The topological polar surface area (TPSA) is 20.3 Å². The molecule has 2 nitrogen and oxygen atoms in total. The molecule has 1 aliphatic heterocycles. The number of rotatable bonds is 8. The van der Waals surface area contributed by atoms with Crippen molar-refractivity contribution in [2.45, 2.75) is 136 Å². The number of likely N-dealkylation sites (tertiary alicyclic amines) is 1. The second-order valence-corrected chi connectivity index (χ2v) is 14.8. The number of allylic oxidation sites excluding steroid dienone is 1. The highest BCUT2D eigenvalue weighted by molar-refractivity contribution is 5.80. The van der Waals surface area contributed by atoms with E-state index in [1.54, 1.807) is 0 Å². The molecule has 6 fully saturated rings. The normalized spacial score (nSPS) is 43.6. The minimum atomic E-state index is 0.200. The zero-order valence-corrected chi connectivity index (χ0v) is 23.7. The molecule has 0 aromatic rings. The van der Waals surface area contributed by atoms with Crippen molar-refractivity contribution in [3.8, 4) is 0 Å². The number of carbonyl (C=O) groups is 1. The van der Waals surface area contributed by atoms with Gasteiger partial charge in [0.25, 0.3) is 0 Å². The summed E-state index contributed by atoms with van der Waals surface area (Å²) in [6.45, 7) is 16.5. The predicted molar refractivity (Wildman–Crippen MR) is 149 cm³/mol. The largest absolute Gasteiger partial charge is 0.332 e. The van der Waals surface area contributed by atoms with Crippen molar-refractivity contribution in [3.05, 3.63) is 24.8 Å². The first-order valence-electron chi connectivity index (χ1n) is 15.9. The summed E-state index contributed by atoms with van der Waals surface area (Å²) in [6.07, 6.45) is 22.3. The quantitative estimate of drug-likeness (QED) is 0.311. The monoisotopic (exact) mass is 491 g/mol. The lowest BCUT2D eigenvalue weighted by Gasteiger charge is -2.49. The Balaban J connectivity index is 1.23. The summed E-state index contributed by atoms with van der Waals surface area (Å²) in [5.41, 5.74) is 3.02. The van der Waals surface area contributed by atoms with Gasteiger partial charge < -0.3 is 4.90 Å². The number of nitrogens with zero attached hydrogens (tertiary/aromatic N) is 1. The van der Waals surface area contributed by atoms with Gasteiger partial charge in [0.05, 0.1) is 6.04 Å². The number of hydrogen-bond acceptors (Lipinski definition) is 1. The van der Waals surface area contributed by atoms with Crippen LogP contribution in [0.1, 0.15) is 124 Å². The maximum absolute atomic E-state index is 14.5. The Hall–Kier alpha value is -1.05. The first kappa shape index (κ1) is 25.2. The van der Waals surface area contributed by atoms with Gasteiger partial charge in [-0.05, 0) is 111 Å². The van der Waals surface area contributed by atoms with E-state index < -0.39 is 0 Å². The van der Waals surface area contributed by atoms with E-state index in [0.29, 0.717) is 46.1 Å². The highest BCUT2D eigenvalue weighted by atomic mass is 16.2. The molecular formula is C34H53NO. The van der Waals surface area contributed by atoms with E-state index >= 15 is 0 Å². The molecule has 6 rings (SSSR count). The van der Waals surface area contributed by atoms with Crippen LogP contribution >= 0.6 is 0 Å². The molecule has 1 spiro atoms. The van der Waals surface area contributed by atoms with Crippen LogP contribution in [0.3, 0.4) is 0 Å². The van der Waals surface area contributed by atoms with E-state index in [-0.39, 0.29) is 5.92 Å². The first-order chi connectivity index (χ1) is 17.3. The molecular weight excluding hydrogens is 438 g/mol. The van der Waals surface area contributed by atoms with E-state index in [0.717, 1.165) is 24.7 Å². The Morgan fingerprint density at radius 3 is 2.42 bits per heavy atom. The molecule has 0 N–H and O–H groups in total. The van der Waals surface area contributed by atoms with E-state index in [9.17, 15) is 4.79 Å². The Morgan fingerprint density at radius 2 is 1.72 bits per heavy atom. The van der Waals surface area contributed by atoms with Crippen molar-refractivity contribution in [1.82, 2.24) is 4.90 Å². The van der Waals surface area contributed by atoms with Crippen LogP contribution in [-0.4, -0.2) is 22.9 Å². The molecule has 8 unspecified atom stereocenters. The van der Waals surface area contributed by atoms with Crippen molar-refractivity contribution in [1.29, 1.82) is 0 Å². The Labute approximate surface area is 221 Å². The van der Waals surface area contributed by atoms with Crippen LogP contribution in [0.5, 0.6) is 0 Å². The predicted octanol–water partition coefficient (Wildman–Crippen LogP) is 8.72. The van der Waals surface area contributed by atoms with E-state index in [4.69, 9.17) is 6.58 Å². The second kappa shape index (κ2) is 9.01. The summed E-state index contributed by atoms with van der Waals surface area (Å²) >= 11 is 0. The van der Waals surface area contributed by atoms with Crippen molar-refractivity contribution in [2.24, 2.45) is 45.8 Å². The van der Waals surface area contributed by atoms with Gasteiger partial charge in [0.15, 0.2) is 0 Å². The van der Waals surface area contributed by atoms with Gasteiger partial charge in [-0.25, -0.2) is 0 Å². The highest BCUT2D eigenvalue weighted by Gasteiger charge is 2.89. The summed E-state index contributed by atoms with van der Waals surface area (Å²) in [7, 11) is 0. The second-order valence-electron chi connectivity index (χ2n) is 14.8. The van der Waals surface area contributed by atoms with Crippen molar-refractivity contribution < 1.29 is 4.79 Å². The van der Waals surface area contributed by atoms with Crippen LogP contribution in [0.2, 0.25) is 0 Å². The standard InChI is InChI=1S/C34H53NO/c1-6-7-16-28(24-13-9-8-10-14-24)31(36)35-29-17-12-11-15-25(29)21-30(35)23(2)20-27-22-26-18-19-33(5)32(3,4)34(26,27)33/h6,24-30H,1-2,7-22H2,3-5H3. The fraction of sp³-hybridized carbons (Fsp3) is 0.853. The van der Waals surface area contributed by atoms with Crippen LogP contribution in [0, 0.1) is 45.8 Å². The highest BCUT2D eigenvalue weighted by Crippen LogP contribution is 2.94. The summed E-state index contributed by atoms with van der Waals surface area (Å²) < 4.78 is 0. The maximum atomic E-state index is 14.5. The molecule has 2 heteroatoms. The van der Waals surface area contributed by atoms with Gasteiger partial charge in [-0.1, -0.05) is 71.1 Å². The molecule has 0 bridgehead atoms. The Bertz CT molecular complexity index is 897. The molecule has 1 heterocycles. The molecule has 0 radical (unpaired) electrons. The van der Waals surface area contributed by atoms with Crippen LogP contribution in [-0.2, 0) is 4.79 Å². The van der Waals surface area contributed by atoms with Gasteiger partial charge in [-0.2, -0.15) is 0 Å². The van der Waals surface area contributed by atoms with Gasteiger partial charge in [-0.3, -0.25) is 4.79 Å². The van der Waals surface area contributed by atoms with Crippen LogP contribution in [0.15, 0.2) is 24.8 Å². The summed E-state index contributed by atoms with van der Waals surface area (Å²) in [5.74, 6) is 3.75. The number of hydrogen-bond donors (Lipinski definition) is 0. The smallest absolute Gasteiger partial charge is 0.226 e. The van der Waals surface area contributed by atoms with Gasteiger partial charge in [0.2, 0.25) is 5.91 Å². The lowest BCUT2D eigenvalue weighted by atomic mass is 9.56. The minimum Gasteiger partial charge on any atom is -0.332 e. The molecule has 5 aliphatic carbocycles. The molecule has 5 saturated carbocycles. The lowest BCUT2D eigenvalue weighted by Crippen LogP contribution is -2.49. The van der Waals surface area contributed by atoms with Gasteiger partial charge in [0, 0.05) is 12.0 Å². The van der Waals surface area contributed by atoms with Gasteiger partial charge in [-0.15, -0.1) is 6.58 Å². The zero-order valence-electron chi connectivity index (χ0n) is 23.7. The minimum absolute atomic E-state index is 0.200. The lowest BCUT2D eigenvalue weighted by molar-refractivity contribution is -0.141. The number of fused-ring (bicyclic) bond motifs is 1. The third-order valence-corrected chi connectivity index (χ3v) is 13.7. The van der Waals surface area contributed by atoms with E-state index in [1.807, 2.05) is 6.08 Å². The molecule has 36 heavy (non-hydrogen) atoms. The maximum Gasteiger partial charge on any atom is 0.226 e. The third kappa shape index (κ3) is 3.30. The third-order valence-electron chi connectivity index (χ3n) is 13.7. The van der Waals surface area contributed by atoms with Gasteiger partial charge >= 0.3 is 0 Å². The number of carbonyl (C=O) groups excluding carboxylic acids is 1. The van der Waals surface area contributed by atoms with Crippen molar-refractivity contribution >= 4 is 5.91 Å². The fourth-order valence-electron chi connectivity index (χ4n) is 11.8. The molecule has 0 aromatic carbocycles. The number of amides is 1. The van der Waals surface area contributed by atoms with E-state index in [1.165, 1.54) is 95.5 Å². The molecule has 0 aromatic heterocycles. The average Bonchev–Trinajstić information content (AvgIpc) is 3.13. The van der Waals surface area contributed by atoms with Crippen LogP contribution in [0.25, 0.3) is 0 Å². The van der Waals surface area contributed by atoms with Crippen LogP contribution < -0.4 is 0 Å². The SMILES string of the molecule is C=CCCC(C(=O)N1C(C(=C)CC2CC3CCC4(C)C(C)(C)C324)CC2CCCCC21)C1CCCCC1. The summed E-state index contributed by atoms with van der Waals surface area (Å²) in [4.78, 5) is 17.0. The van der Waals surface area contributed by atoms with Crippen molar-refractivity contribution in [3.63, 3.8) is 0 Å². The molecule has 6 aliphatic rings. The average molecular weight is 492 g/mol. The first-order valence-corrected chi connectivity index (χ1v) is 15.9. The zero-order chi connectivity index (χ0) is 25.3. The molecule has 8 atom stereocenters. The van der Waals surface area contributed by atoms with Crippen molar-refractivity contribution in [2.75, 3.05) is 0 Å². The van der Waals surface area contributed by atoms with Crippen LogP contribution in [0.4, 0.5) is 0 Å². The fourth-order valence-corrected chi connectivity index (χ4v) is 11.8. The molecule has 1 amide bonds. The van der Waals surface area contributed by atoms with E-state index in [2.05, 4.69) is 32.3 Å². The molecule has 200 valence electrons. The molecule has 1 saturated heterocycles. The van der Waals surface area contributed by atoms with Gasteiger partial charge in [0.1, 0.15) is 0 Å².